The molecule has 1 saturated heterocycles. The highest BCUT2D eigenvalue weighted by atomic mass is 16.5. The predicted molar refractivity (Wildman–Crippen MR) is 70.4 cm³/mol. The van der Waals surface area contributed by atoms with E-state index in [1.54, 1.807) is 0 Å². The third-order valence-corrected chi connectivity index (χ3v) is 3.24. The highest BCUT2D eigenvalue weighted by Crippen LogP contribution is 2.04. The SMILES string of the molecule is CCCOCC(=O)N1CCN(C[C@H](O)CC)CC1. The lowest BCUT2D eigenvalue weighted by Gasteiger charge is -2.35. The number of nitrogens with zero attached hydrogens (tertiary/aromatic N) is 2. The van der Waals surface area contributed by atoms with E-state index in [0.29, 0.717) is 13.2 Å². The molecule has 1 amide bonds. The van der Waals surface area contributed by atoms with E-state index in [2.05, 4.69) is 4.90 Å². The van der Waals surface area contributed by atoms with E-state index in [-0.39, 0.29) is 18.6 Å². The number of ether oxygens (including phenoxy) is 1. The summed E-state index contributed by atoms with van der Waals surface area (Å²) in [4.78, 5) is 15.9. The second kappa shape index (κ2) is 8.45. The van der Waals surface area contributed by atoms with Gasteiger partial charge in [-0.1, -0.05) is 13.8 Å². The lowest BCUT2D eigenvalue weighted by atomic mass is 10.2. The molecule has 0 bridgehead atoms. The van der Waals surface area contributed by atoms with Crippen LogP contribution in [0, 0.1) is 0 Å². The number of carbonyl (C=O) groups is 1. The summed E-state index contributed by atoms with van der Waals surface area (Å²) >= 11 is 0. The van der Waals surface area contributed by atoms with E-state index in [0.717, 1.165) is 39.0 Å². The molecule has 0 aromatic carbocycles. The van der Waals surface area contributed by atoms with Crippen molar-refractivity contribution >= 4 is 5.91 Å². The molecule has 0 aliphatic carbocycles. The summed E-state index contributed by atoms with van der Waals surface area (Å²) in [6, 6.07) is 0. The number of hydrogen-bond donors (Lipinski definition) is 1. The number of piperazine rings is 1. The number of β-amino-alcohol motifs (C(OH)–C–C–N with tert-alkyl or cyclic N) is 1. The fraction of sp³-hybridized carbons (Fsp3) is 0.923. The van der Waals surface area contributed by atoms with Gasteiger partial charge in [-0.15, -0.1) is 0 Å². The third kappa shape index (κ3) is 5.33. The molecule has 0 radical (unpaired) electrons. The van der Waals surface area contributed by atoms with Crippen molar-refractivity contribution in [1.29, 1.82) is 0 Å². The molecular weight excluding hydrogens is 232 g/mol. The van der Waals surface area contributed by atoms with Crippen LogP contribution < -0.4 is 0 Å². The summed E-state index contributed by atoms with van der Waals surface area (Å²) < 4.78 is 5.26. The van der Waals surface area contributed by atoms with Gasteiger partial charge in [0, 0.05) is 39.3 Å². The Kier molecular flexibility index (Phi) is 7.23. The van der Waals surface area contributed by atoms with Crippen LogP contribution in [0.3, 0.4) is 0 Å². The van der Waals surface area contributed by atoms with Gasteiger partial charge in [0.15, 0.2) is 0 Å². The maximum atomic E-state index is 11.8. The number of carbonyl (C=O) groups excluding carboxylic acids is 1. The molecule has 0 aromatic heterocycles. The van der Waals surface area contributed by atoms with Crippen molar-refractivity contribution in [3.8, 4) is 0 Å². The van der Waals surface area contributed by atoms with Crippen molar-refractivity contribution in [2.45, 2.75) is 32.8 Å². The van der Waals surface area contributed by atoms with Crippen LogP contribution in [0.15, 0.2) is 0 Å². The van der Waals surface area contributed by atoms with Gasteiger partial charge < -0.3 is 14.7 Å². The molecule has 106 valence electrons. The highest BCUT2D eigenvalue weighted by Gasteiger charge is 2.21. The third-order valence-electron chi connectivity index (χ3n) is 3.24. The smallest absolute Gasteiger partial charge is 0.248 e. The van der Waals surface area contributed by atoms with Gasteiger partial charge in [-0.25, -0.2) is 0 Å². The minimum absolute atomic E-state index is 0.0825. The first-order chi connectivity index (χ1) is 8.67. The van der Waals surface area contributed by atoms with Crippen LogP contribution in [0.2, 0.25) is 0 Å². The van der Waals surface area contributed by atoms with Crippen LogP contribution >= 0.6 is 0 Å². The zero-order valence-corrected chi connectivity index (χ0v) is 11.6. The van der Waals surface area contributed by atoms with E-state index < -0.39 is 0 Å². The first-order valence-electron chi connectivity index (χ1n) is 6.93. The molecule has 0 spiro atoms. The summed E-state index contributed by atoms with van der Waals surface area (Å²) in [5, 5.41) is 9.59. The Morgan fingerprint density at radius 2 is 1.94 bits per heavy atom. The van der Waals surface area contributed by atoms with Crippen molar-refractivity contribution in [3.05, 3.63) is 0 Å². The maximum Gasteiger partial charge on any atom is 0.248 e. The normalized spacial score (nSPS) is 18.9. The topological polar surface area (TPSA) is 53.0 Å². The molecule has 1 heterocycles. The minimum Gasteiger partial charge on any atom is -0.392 e. The van der Waals surface area contributed by atoms with E-state index >= 15 is 0 Å². The monoisotopic (exact) mass is 258 g/mol. The van der Waals surface area contributed by atoms with E-state index in [1.807, 2.05) is 18.7 Å². The van der Waals surface area contributed by atoms with Gasteiger partial charge in [-0.3, -0.25) is 9.69 Å². The number of rotatable bonds is 7. The lowest BCUT2D eigenvalue weighted by molar-refractivity contribution is -0.138. The molecule has 0 saturated carbocycles. The van der Waals surface area contributed by atoms with Crippen LogP contribution in [0.25, 0.3) is 0 Å². The van der Waals surface area contributed by atoms with Crippen molar-refractivity contribution in [2.24, 2.45) is 0 Å². The second-order valence-electron chi connectivity index (χ2n) is 4.80. The number of aliphatic hydroxyl groups is 1. The average molecular weight is 258 g/mol. The lowest BCUT2D eigenvalue weighted by Crippen LogP contribution is -2.51. The van der Waals surface area contributed by atoms with Crippen LogP contribution in [0.5, 0.6) is 0 Å². The minimum atomic E-state index is -0.250. The van der Waals surface area contributed by atoms with Gasteiger partial charge in [-0.05, 0) is 12.8 Å². The molecule has 18 heavy (non-hydrogen) atoms. The Bertz CT molecular complexity index is 240. The Labute approximate surface area is 110 Å². The van der Waals surface area contributed by atoms with Crippen LogP contribution in [-0.4, -0.2) is 72.9 Å². The number of amides is 1. The molecule has 0 unspecified atom stereocenters. The molecule has 1 aliphatic heterocycles. The first kappa shape index (κ1) is 15.4. The Morgan fingerprint density at radius 3 is 2.50 bits per heavy atom. The van der Waals surface area contributed by atoms with E-state index in [1.165, 1.54) is 0 Å². The fourth-order valence-corrected chi connectivity index (χ4v) is 2.00. The summed E-state index contributed by atoms with van der Waals surface area (Å²) in [7, 11) is 0. The molecule has 1 aliphatic rings. The van der Waals surface area contributed by atoms with Gasteiger partial charge in [0.05, 0.1) is 6.10 Å². The fourth-order valence-electron chi connectivity index (χ4n) is 2.00. The second-order valence-corrected chi connectivity index (χ2v) is 4.80. The van der Waals surface area contributed by atoms with Crippen LogP contribution in [0.4, 0.5) is 0 Å². The summed E-state index contributed by atoms with van der Waals surface area (Å²) in [6.07, 6.45) is 1.47. The maximum absolute atomic E-state index is 11.8. The quantitative estimate of drug-likeness (QED) is 0.669. The average Bonchev–Trinajstić information content (AvgIpc) is 2.39. The molecular formula is C13H26N2O3. The van der Waals surface area contributed by atoms with Gasteiger partial charge in [0.25, 0.3) is 0 Å². The van der Waals surface area contributed by atoms with Gasteiger partial charge in [-0.2, -0.15) is 0 Å². The predicted octanol–water partition coefficient (Wildman–Crippen LogP) is 0.328. The molecule has 0 aromatic rings. The first-order valence-corrected chi connectivity index (χ1v) is 6.93. The largest absolute Gasteiger partial charge is 0.392 e. The zero-order chi connectivity index (χ0) is 13.4. The molecule has 1 fully saturated rings. The standard InChI is InChI=1S/C13H26N2O3/c1-3-9-18-11-13(17)15-7-5-14(6-8-15)10-12(16)4-2/h12,16H,3-11H2,1-2H3/t12-/m1/s1. The van der Waals surface area contributed by atoms with Crippen molar-refractivity contribution < 1.29 is 14.6 Å². The summed E-state index contributed by atoms with van der Waals surface area (Å²) in [6.45, 7) is 8.74. The Hall–Kier alpha value is -0.650. The van der Waals surface area contributed by atoms with Gasteiger partial charge >= 0.3 is 0 Å². The summed E-state index contributed by atoms with van der Waals surface area (Å²) in [5.74, 6) is 0.0825. The van der Waals surface area contributed by atoms with Crippen molar-refractivity contribution in [2.75, 3.05) is 45.9 Å². The van der Waals surface area contributed by atoms with Gasteiger partial charge in [0.1, 0.15) is 6.61 Å². The number of aliphatic hydroxyl groups excluding tert-OH is 1. The molecule has 1 atom stereocenters. The van der Waals surface area contributed by atoms with E-state index in [4.69, 9.17) is 4.74 Å². The molecule has 1 N–H and O–H groups in total. The van der Waals surface area contributed by atoms with Crippen LogP contribution in [-0.2, 0) is 9.53 Å². The molecule has 1 rings (SSSR count). The molecule has 5 nitrogen and oxygen atoms in total. The van der Waals surface area contributed by atoms with E-state index in [9.17, 15) is 9.90 Å². The van der Waals surface area contributed by atoms with Crippen LogP contribution in [0.1, 0.15) is 26.7 Å². The van der Waals surface area contributed by atoms with Crippen molar-refractivity contribution in [1.82, 2.24) is 9.80 Å². The summed E-state index contributed by atoms with van der Waals surface area (Å²) in [5.41, 5.74) is 0. The highest BCUT2D eigenvalue weighted by molar-refractivity contribution is 5.77. The van der Waals surface area contributed by atoms with Gasteiger partial charge in [0.2, 0.25) is 5.91 Å². The van der Waals surface area contributed by atoms with Crippen molar-refractivity contribution in [3.63, 3.8) is 0 Å². The number of hydrogen-bond acceptors (Lipinski definition) is 4. The molecule has 5 heteroatoms. The Morgan fingerprint density at radius 1 is 1.28 bits per heavy atom. The Balaban J connectivity index is 2.20. The zero-order valence-electron chi connectivity index (χ0n) is 11.6.